The number of carbonyl (C=O) groups excluding carboxylic acids is 2. The molecule has 15 heavy (non-hydrogen) atoms. The molecule has 90 valence electrons. The van der Waals surface area contributed by atoms with Crippen LogP contribution in [0.2, 0.25) is 0 Å². The third-order valence-electron chi connectivity index (χ3n) is 1.02. The predicted molar refractivity (Wildman–Crippen MR) is 58.4 cm³/mol. The molecule has 0 aliphatic rings. The van der Waals surface area contributed by atoms with Crippen LogP contribution in [0.4, 0.5) is 0 Å². The van der Waals surface area contributed by atoms with Crippen molar-refractivity contribution in [3.8, 4) is 0 Å². The van der Waals surface area contributed by atoms with Crippen molar-refractivity contribution in [3.63, 3.8) is 0 Å². The Morgan fingerprint density at radius 3 is 1.53 bits per heavy atom. The molecule has 0 amide bonds. The van der Waals surface area contributed by atoms with Gasteiger partial charge in [0.15, 0.2) is 0 Å². The number of hydrogen-bond acceptors (Lipinski definition) is 4. The molecule has 0 aromatic carbocycles. The summed E-state index contributed by atoms with van der Waals surface area (Å²) in [5, 5.41) is 0. The number of hydrogen-bond donors (Lipinski definition) is 0. The van der Waals surface area contributed by atoms with Crippen LogP contribution in [-0.4, -0.2) is 24.6 Å². The molecule has 0 saturated heterocycles. The van der Waals surface area contributed by atoms with Crippen LogP contribution in [0.25, 0.3) is 0 Å². The molecule has 0 aliphatic carbocycles. The van der Waals surface area contributed by atoms with Gasteiger partial charge in [-0.1, -0.05) is 13.8 Å². The van der Waals surface area contributed by atoms with Gasteiger partial charge in [0, 0.05) is 13.8 Å². The van der Waals surface area contributed by atoms with E-state index in [1.165, 1.54) is 13.8 Å². The molecule has 0 rings (SSSR count). The smallest absolute Gasteiger partial charge is 0.302 e. The average Bonchev–Trinajstić information content (AvgIpc) is 1.99. The first-order valence-electron chi connectivity index (χ1n) is 5.06. The number of esters is 2. The molecule has 0 spiro atoms. The van der Waals surface area contributed by atoms with Crippen LogP contribution >= 0.6 is 0 Å². The van der Waals surface area contributed by atoms with Crippen molar-refractivity contribution in [2.45, 2.75) is 47.6 Å². The number of carbonyl (C=O) groups is 2. The van der Waals surface area contributed by atoms with Crippen molar-refractivity contribution < 1.29 is 19.1 Å². The lowest BCUT2D eigenvalue weighted by Crippen LogP contribution is -2.06. The van der Waals surface area contributed by atoms with Gasteiger partial charge in [-0.05, 0) is 19.8 Å². The maximum Gasteiger partial charge on any atom is 0.302 e. The zero-order valence-electron chi connectivity index (χ0n) is 10.5. The lowest BCUT2D eigenvalue weighted by Gasteiger charge is -2.02. The van der Waals surface area contributed by atoms with E-state index in [1.807, 2.05) is 27.7 Å². The van der Waals surface area contributed by atoms with Gasteiger partial charge in [0.05, 0.1) is 12.7 Å². The van der Waals surface area contributed by atoms with Crippen LogP contribution in [0.5, 0.6) is 0 Å². The summed E-state index contributed by atoms with van der Waals surface area (Å²) in [6, 6.07) is 0. The molecule has 0 saturated carbocycles. The molecule has 0 aliphatic heterocycles. The van der Waals surface area contributed by atoms with Gasteiger partial charge < -0.3 is 9.47 Å². The van der Waals surface area contributed by atoms with E-state index in [4.69, 9.17) is 0 Å². The van der Waals surface area contributed by atoms with Gasteiger partial charge in [0.2, 0.25) is 0 Å². The highest BCUT2D eigenvalue weighted by atomic mass is 16.5. The lowest BCUT2D eigenvalue weighted by atomic mass is 10.2. The van der Waals surface area contributed by atoms with Gasteiger partial charge in [-0.15, -0.1) is 0 Å². The Labute approximate surface area is 91.9 Å². The Hall–Kier alpha value is -1.06. The lowest BCUT2D eigenvalue weighted by molar-refractivity contribution is -0.144. The zero-order chi connectivity index (χ0) is 12.4. The minimum absolute atomic E-state index is 0.0255. The van der Waals surface area contributed by atoms with E-state index in [0.717, 1.165) is 0 Å². The second-order valence-electron chi connectivity index (χ2n) is 3.85. The van der Waals surface area contributed by atoms with Crippen molar-refractivity contribution in [1.82, 2.24) is 0 Å². The molecule has 0 bridgehead atoms. The highest BCUT2D eigenvalue weighted by Crippen LogP contribution is 1.91. The van der Waals surface area contributed by atoms with E-state index < -0.39 is 0 Å². The Kier molecular flexibility index (Phi) is 10.4. The maximum atomic E-state index is 10.1. The predicted octanol–water partition coefficient (Wildman–Crippen LogP) is 2.16. The summed E-state index contributed by atoms with van der Waals surface area (Å²) in [5.74, 6) is 0.0348. The molecule has 0 fully saturated rings. The summed E-state index contributed by atoms with van der Waals surface area (Å²) in [6.45, 7) is 11.0. The fraction of sp³-hybridized carbons (Fsp3) is 0.818. The van der Waals surface area contributed by atoms with E-state index in [1.54, 1.807) is 0 Å². The molecule has 0 aromatic rings. The van der Waals surface area contributed by atoms with Crippen LogP contribution < -0.4 is 0 Å². The van der Waals surface area contributed by atoms with Crippen molar-refractivity contribution in [2.75, 3.05) is 6.61 Å². The van der Waals surface area contributed by atoms with E-state index >= 15 is 0 Å². The van der Waals surface area contributed by atoms with Gasteiger partial charge in [-0.25, -0.2) is 0 Å². The summed E-state index contributed by atoms with van der Waals surface area (Å²) in [7, 11) is 0. The van der Waals surface area contributed by atoms with E-state index in [2.05, 4.69) is 9.47 Å². The molecule has 0 atom stereocenters. The zero-order valence-corrected chi connectivity index (χ0v) is 10.5. The van der Waals surface area contributed by atoms with Crippen LogP contribution in [0.3, 0.4) is 0 Å². The molecule has 0 aromatic heterocycles. The average molecular weight is 218 g/mol. The summed E-state index contributed by atoms with van der Waals surface area (Å²) in [4.78, 5) is 20.2. The quantitative estimate of drug-likeness (QED) is 0.681. The normalized spacial score (nSPS) is 9.33. The van der Waals surface area contributed by atoms with Crippen LogP contribution in [0.1, 0.15) is 41.5 Å². The summed E-state index contributed by atoms with van der Waals surface area (Å²) >= 11 is 0. The second kappa shape index (κ2) is 9.49. The first-order chi connectivity index (χ1) is 6.75. The van der Waals surface area contributed by atoms with Gasteiger partial charge in [-0.2, -0.15) is 0 Å². The van der Waals surface area contributed by atoms with Crippen LogP contribution in [0.15, 0.2) is 0 Å². The molecule has 0 unspecified atom stereocenters. The Balaban J connectivity index is 0. The second-order valence-corrected chi connectivity index (χ2v) is 3.85. The number of rotatable bonds is 3. The SMILES string of the molecule is CC(=O)OC(C)C.CC(=O)OCC(C)C. The first-order valence-corrected chi connectivity index (χ1v) is 5.06. The molecular weight excluding hydrogens is 196 g/mol. The topological polar surface area (TPSA) is 52.6 Å². The fourth-order valence-electron chi connectivity index (χ4n) is 0.616. The first kappa shape index (κ1) is 16.4. The Bertz CT molecular complexity index is 185. The Morgan fingerprint density at radius 1 is 1.00 bits per heavy atom. The molecule has 0 N–H and O–H groups in total. The van der Waals surface area contributed by atoms with E-state index in [9.17, 15) is 9.59 Å². The largest absolute Gasteiger partial charge is 0.466 e. The molecule has 4 nitrogen and oxygen atoms in total. The number of ether oxygens (including phenoxy) is 2. The van der Waals surface area contributed by atoms with Gasteiger partial charge in [0.25, 0.3) is 0 Å². The third kappa shape index (κ3) is 24.6. The highest BCUT2D eigenvalue weighted by molar-refractivity contribution is 5.66. The Morgan fingerprint density at radius 2 is 1.47 bits per heavy atom. The van der Waals surface area contributed by atoms with E-state index in [-0.39, 0.29) is 18.0 Å². The minimum Gasteiger partial charge on any atom is -0.466 e. The van der Waals surface area contributed by atoms with Gasteiger partial charge in [-0.3, -0.25) is 9.59 Å². The van der Waals surface area contributed by atoms with Crippen molar-refractivity contribution in [2.24, 2.45) is 5.92 Å². The van der Waals surface area contributed by atoms with Crippen LogP contribution in [-0.2, 0) is 19.1 Å². The summed E-state index contributed by atoms with van der Waals surface area (Å²) in [6.07, 6.45) is 0.0255. The van der Waals surface area contributed by atoms with Gasteiger partial charge in [0.1, 0.15) is 0 Å². The molecule has 0 heterocycles. The molecular formula is C11H22O4. The highest BCUT2D eigenvalue weighted by Gasteiger charge is 1.94. The van der Waals surface area contributed by atoms with Crippen molar-refractivity contribution in [3.05, 3.63) is 0 Å². The van der Waals surface area contributed by atoms with E-state index in [0.29, 0.717) is 12.5 Å². The fourth-order valence-corrected chi connectivity index (χ4v) is 0.616. The van der Waals surface area contributed by atoms with Crippen LogP contribution in [0, 0.1) is 5.92 Å². The van der Waals surface area contributed by atoms with Crippen molar-refractivity contribution >= 4 is 11.9 Å². The molecule has 4 heteroatoms. The monoisotopic (exact) mass is 218 g/mol. The van der Waals surface area contributed by atoms with Gasteiger partial charge >= 0.3 is 11.9 Å². The van der Waals surface area contributed by atoms with Crippen molar-refractivity contribution in [1.29, 1.82) is 0 Å². The summed E-state index contributed by atoms with van der Waals surface area (Å²) < 4.78 is 9.28. The summed E-state index contributed by atoms with van der Waals surface area (Å²) in [5.41, 5.74) is 0. The third-order valence-corrected chi connectivity index (χ3v) is 1.02. The maximum absolute atomic E-state index is 10.1. The molecule has 0 radical (unpaired) electrons. The minimum atomic E-state index is -0.213. The standard InChI is InChI=1S/C6H12O2.C5H10O2/c1-5(2)4-8-6(3)7;1-4(2)7-5(3)6/h5H,4H2,1-3H3;4H,1-3H3.